The lowest BCUT2D eigenvalue weighted by Gasteiger charge is -2.26. The van der Waals surface area contributed by atoms with Gasteiger partial charge in [0.2, 0.25) is 11.9 Å². The molecule has 0 bridgehead atoms. The molecule has 3 heterocycles. The zero-order valence-electron chi connectivity index (χ0n) is 15.6. The predicted molar refractivity (Wildman–Crippen MR) is 106 cm³/mol. The van der Waals surface area contributed by atoms with Crippen LogP contribution >= 0.6 is 0 Å². The number of nitrogens with one attached hydrogen (secondary N) is 1. The van der Waals surface area contributed by atoms with E-state index in [-0.39, 0.29) is 17.9 Å². The van der Waals surface area contributed by atoms with E-state index in [1.807, 2.05) is 6.08 Å². The fourth-order valence-electron chi connectivity index (χ4n) is 3.58. The molecule has 148 valence electrons. The molecule has 1 amide bonds. The van der Waals surface area contributed by atoms with Crippen LogP contribution in [0.25, 0.3) is 16.3 Å². The average Bonchev–Trinajstić information content (AvgIpc) is 2.73. The van der Waals surface area contributed by atoms with Gasteiger partial charge in [-0.25, -0.2) is 9.37 Å². The van der Waals surface area contributed by atoms with Crippen LogP contribution in [-0.4, -0.2) is 33.9 Å². The second-order valence-corrected chi connectivity index (χ2v) is 7.04. The summed E-state index contributed by atoms with van der Waals surface area (Å²) in [4.78, 5) is 32.7. The first kappa shape index (κ1) is 19.0. The van der Waals surface area contributed by atoms with E-state index in [9.17, 15) is 18.4 Å². The van der Waals surface area contributed by atoms with E-state index in [0.29, 0.717) is 42.4 Å². The van der Waals surface area contributed by atoms with Gasteiger partial charge in [0.15, 0.2) is 0 Å². The number of hydrogen-bond donors (Lipinski definition) is 1. The van der Waals surface area contributed by atoms with Crippen LogP contribution in [0.5, 0.6) is 0 Å². The predicted octanol–water partition coefficient (Wildman–Crippen LogP) is 3.45. The van der Waals surface area contributed by atoms with Gasteiger partial charge in [-0.15, -0.1) is 0 Å². The Hall–Kier alpha value is -3.35. The monoisotopic (exact) mass is 395 g/mol. The number of rotatable bonds is 4. The Morgan fingerprint density at radius 1 is 1.17 bits per heavy atom. The van der Waals surface area contributed by atoms with Gasteiger partial charge in [-0.2, -0.15) is 4.39 Å². The zero-order valence-corrected chi connectivity index (χ0v) is 15.6. The molecular formula is C22H19F2N3O2. The number of carbonyl (C=O) groups is 1. The summed E-state index contributed by atoms with van der Waals surface area (Å²) in [6.07, 6.45) is 4.66. The van der Waals surface area contributed by atoms with Crippen molar-refractivity contribution in [1.29, 1.82) is 0 Å². The number of halogens is 2. The number of aryl methyl sites for hydroxylation is 1. The highest BCUT2D eigenvalue weighted by Crippen LogP contribution is 2.23. The molecule has 0 spiro atoms. The maximum absolute atomic E-state index is 13.3. The molecule has 1 aliphatic heterocycles. The molecule has 0 fully saturated rings. The molecule has 0 saturated heterocycles. The molecule has 1 N–H and O–H groups in total. The number of hydrogen-bond acceptors (Lipinski definition) is 3. The Morgan fingerprint density at radius 3 is 2.79 bits per heavy atom. The van der Waals surface area contributed by atoms with Crippen LogP contribution in [0.2, 0.25) is 0 Å². The van der Waals surface area contributed by atoms with Crippen molar-refractivity contribution in [2.24, 2.45) is 0 Å². The maximum Gasteiger partial charge on any atom is 0.256 e. The highest BCUT2D eigenvalue weighted by molar-refractivity contribution is 5.82. The molecule has 0 saturated carbocycles. The van der Waals surface area contributed by atoms with E-state index in [4.69, 9.17) is 0 Å². The number of aromatic amines is 1. The van der Waals surface area contributed by atoms with Crippen molar-refractivity contribution in [2.45, 2.75) is 19.3 Å². The van der Waals surface area contributed by atoms with Crippen molar-refractivity contribution in [3.05, 3.63) is 82.0 Å². The lowest BCUT2D eigenvalue weighted by molar-refractivity contribution is -0.130. The molecule has 1 aromatic carbocycles. The first-order valence-corrected chi connectivity index (χ1v) is 9.40. The van der Waals surface area contributed by atoms with Crippen molar-refractivity contribution >= 4 is 22.3 Å². The molecule has 2 aromatic heterocycles. The third kappa shape index (κ3) is 4.23. The Kier molecular flexibility index (Phi) is 5.20. The molecule has 5 nitrogen and oxygen atoms in total. The zero-order chi connectivity index (χ0) is 20.4. The van der Waals surface area contributed by atoms with Crippen molar-refractivity contribution in [3.8, 4) is 0 Å². The SMILES string of the molecule is O=C(CCc1cc2ccc(F)cc2c(=O)[nH]1)N1CC=C(c2ccnc(F)c2)CC1. The smallest absolute Gasteiger partial charge is 0.256 e. The Bertz CT molecular complexity index is 1170. The molecule has 1 aliphatic rings. The Balaban J connectivity index is 1.40. The van der Waals surface area contributed by atoms with Crippen LogP contribution in [0.4, 0.5) is 8.78 Å². The first-order chi connectivity index (χ1) is 14.0. The highest BCUT2D eigenvalue weighted by Gasteiger charge is 2.18. The number of aromatic nitrogens is 2. The average molecular weight is 395 g/mol. The molecule has 3 aromatic rings. The van der Waals surface area contributed by atoms with Crippen LogP contribution < -0.4 is 5.56 Å². The third-order valence-electron chi connectivity index (χ3n) is 5.13. The summed E-state index contributed by atoms with van der Waals surface area (Å²) in [7, 11) is 0. The number of amides is 1. The lowest BCUT2D eigenvalue weighted by Crippen LogP contribution is -2.34. The Labute approximate surface area is 165 Å². The summed E-state index contributed by atoms with van der Waals surface area (Å²) in [5.74, 6) is -0.992. The summed E-state index contributed by atoms with van der Waals surface area (Å²) in [5, 5.41) is 0.939. The fourth-order valence-corrected chi connectivity index (χ4v) is 3.58. The highest BCUT2D eigenvalue weighted by atomic mass is 19.1. The van der Waals surface area contributed by atoms with Crippen LogP contribution in [0.1, 0.15) is 24.1 Å². The lowest BCUT2D eigenvalue weighted by atomic mass is 10.00. The molecule has 0 unspecified atom stereocenters. The van der Waals surface area contributed by atoms with Crippen LogP contribution in [0.3, 0.4) is 0 Å². The molecular weight excluding hydrogens is 376 g/mol. The molecule has 0 aliphatic carbocycles. The molecule has 4 rings (SSSR count). The van der Waals surface area contributed by atoms with E-state index in [2.05, 4.69) is 9.97 Å². The van der Waals surface area contributed by atoms with Gasteiger partial charge in [0, 0.05) is 42.9 Å². The largest absolute Gasteiger partial charge is 0.339 e. The number of carbonyl (C=O) groups excluding carboxylic acids is 1. The standard InChI is InChI=1S/C22H19F2N3O2/c23-17-2-1-16-11-18(26-22(29)19(16)13-17)3-4-21(28)27-9-6-14(7-10-27)15-5-8-25-20(24)12-15/h1-2,5-6,8,11-13H,3-4,7,9-10H2,(H,26,29). The van der Waals surface area contributed by atoms with E-state index in [1.54, 1.807) is 23.1 Å². The fraction of sp³-hybridized carbons (Fsp3) is 0.227. The first-order valence-electron chi connectivity index (χ1n) is 9.40. The minimum absolute atomic E-state index is 0.0127. The van der Waals surface area contributed by atoms with Crippen molar-refractivity contribution in [3.63, 3.8) is 0 Å². The number of benzene rings is 1. The second-order valence-electron chi connectivity index (χ2n) is 7.04. The molecule has 7 heteroatoms. The van der Waals surface area contributed by atoms with Crippen LogP contribution in [-0.2, 0) is 11.2 Å². The second kappa shape index (κ2) is 7.95. The molecule has 0 radical (unpaired) electrons. The van der Waals surface area contributed by atoms with Gasteiger partial charge in [-0.3, -0.25) is 9.59 Å². The number of H-pyrrole nitrogens is 1. The normalized spacial score (nSPS) is 14.1. The molecule has 29 heavy (non-hydrogen) atoms. The van der Waals surface area contributed by atoms with Gasteiger partial charge in [0.25, 0.3) is 5.56 Å². The quantitative estimate of drug-likeness (QED) is 0.688. The van der Waals surface area contributed by atoms with E-state index < -0.39 is 11.8 Å². The van der Waals surface area contributed by atoms with Crippen molar-refractivity contribution in [2.75, 3.05) is 13.1 Å². The summed E-state index contributed by atoms with van der Waals surface area (Å²) in [5.41, 5.74) is 2.07. The number of pyridine rings is 2. The summed E-state index contributed by atoms with van der Waals surface area (Å²) in [6, 6.07) is 9.00. The van der Waals surface area contributed by atoms with Gasteiger partial charge >= 0.3 is 0 Å². The van der Waals surface area contributed by atoms with Crippen LogP contribution in [0.15, 0.2) is 53.5 Å². The summed E-state index contributed by atoms with van der Waals surface area (Å²) >= 11 is 0. The van der Waals surface area contributed by atoms with E-state index in [0.717, 1.165) is 11.1 Å². The minimum atomic E-state index is -0.519. The van der Waals surface area contributed by atoms with Gasteiger partial charge < -0.3 is 9.88 Å². The summed E-state index contributed by atoms with van der Waals surface area (Å²) < 4.78 is 26.6. The van der Waals surface area contributed by atoms with Gasteiger partial charge in [0.05, 0.1) is 0 Å². The summed E-state index contributed by atoms with van der Waals surface area (Å²) in [6.45, 7) is 1.02. The Morgan fingerprint density at radius 2 is 2.03 bits per heavy atom. The van der Waals surface area contributed by atoms with E-state index >= 15 is 0 Å². The van der Waals surface area contributed by atoms with Gasteiger partial charge in [0.1, 0.15) is 5.82 Å². The van der Waals surface area contributed by atoms with Gasteiger partial charge in [-0.1, -0.05) is 12.1 Å². The molecule has 0 atom stereocenters. The van der Waals surface area contributed by atoms with Gasteiger partial charge in [-0.05, 0) is 53.6 Å². The van der Waals surface area contributed by atoms with Crippen LogP contribution in [0, 0.1) is 11.8 Å². The minimum Gasteiger partial charge on any atom is -0.339 e. The van der Waals surface area contributed by atoms with Crippen molar-refractivity contribution in [1.82, 2.24) is 14.9 Å². The third-order valence-corrected chi connectivity index (χ3v) is 5.13. The van der Waals surface area contributed by atoms with E-state index in [1.165, 1.54) is 24.4 Å². The topological polar surface area (TPSA) is 66.1 Å². The maximum atomic E-state index is 13.3. The number of fused-ring (bicyclic) bond motifs is 1. The van der Waals surface area contributed by atoms with Crippen molar-refractivity contribution < 1.29 is 13.6 Å². The number of nitrogens with zero attached hydrogens (tertiary/aromatic N) is 2.